The SMILES string of the molecule is CCC[C@H](NC(=O)NCCc1ncno1)C(=O)O. The van der Waals surface area contributed by atoms with Crippen molar-refractivity contribution in [3.05, 3.63) is 12.2 Å². The zero-order chi connectivity index (χ0) is 13.4. The molecule has 0 radical (unpaired) electrons. The Bertz CT molecular complexity index is 379. The van der Waals surface area contributed by atoms with Crippen LogP contribution in [0.15, 0.2) is 10.9 Å². The van der Waals surface area contributed by atoms with Gasteiger partial charge < -0.3 is 20.3 Å². The molecular formula is C10H16N4O4. The van der Waals surface area contributed by atoms with E-state index in [1.54, 1.807) is 0 Å². The van der Waals surface area contributed by atoms with E-state index in [4.69, 9.17) is 9.63 Å². The zero-order valence-electron chi connectivity index (χ0n) is 10.0. The monoisotopic (exact) mass is 256 g/mol. The molecule has 8 heteroatoms. The highest BCUT2D eigenvalue weighted by Crippen LogP contribution is 1.96. The fraction of sp³-hybridized carbons (Fsp3) is 0.600. The van der Waals surface area contributed by atoms with Gasteiger partial charge in [0.15, 0.2) is 6.33 Å². The first-order chi connectivity index (χ1) is 8.63. The topological polar surface area (TPSA) is 117 Å². The summed E-state index contributed by atoms with van der Waals surface area (Å²) in [6, 6.07) is -1.38. The molecule has 1 atom stereocenters. The third kappa shape index (κ3) is 4.81. The number of nitrogens with one attached hydrogen (secondary N) is 2. The van der Waals surface area contributed by atoms with Crippen molar-refractivity contribution < 1.29 is 19.2 Å². The first-order valence-corrected chi connectivity index (χ1v) is 5.66. The van der Waals surface area contributed by atoms with Crippen molar-refractivity contribution in [2.75, 3.05) is 6.54 Å². The van der Waals surface area contributed by atoms with Gasteiger partial charge in [-0.15, -0.1) is 0 Å². The lowest BCUT2D eigenvalue weighted by atomic mass is 10.2. The lowest BCUT2D eigenvalue weighted by Crippen LogP contribution is -2.46. The second-order valence-electron chi connectivity index (χ2n) is 3.66. The molecule has 0 aliphatic rings. The summed E-state index contributed by atoms with van der Waals surface area (Å²) in [6.07, 6.45) is 2.75. The average molecular weight is 256 g/mol. The summed E-state index contributed by atoms with van der Waals surface area (Å²) in [5.41, 5.74) is 0. The Morgan fingerprint density at radius 3 is 2.89 bits per heavy atom. The van der Waals surface area contributed by atoms with Gasteiger partial charge in [0.05, 0.1) is 0 Å². The summed E-state index contributed by atoms with van der Waals surface area (Å²) < 4.78 is 4.75. The largest absolute Gasteiger partial charge is 0.480 e. The van der Waals surface area contributed by atoms with Crippen LogP contribution >= 0.6 is 0 Å². The Morgan fingerprint density at radius 1 is 1.56 bits per heavy atom. The van der Waals surface area contributed by atoms with Gasteiger partial charge >= 0.3 is 12.0 Å². The molecule has 0 saturated heterocycles. The Hall–Kier alpha value is -2.12. The van der Waals surface area contributed by atoms with Crippen molar-refractivity contribution >= 4 is 12.0 Å². The smallest absolute Gasteiger partial charge is 0.326 e. The second kappa shape index (κ2) is 7.25. The van der Waals surface area contributed by atoms with Gasteiger partial charge in [-0.2, -0.15) is 4.98 Å². The molecule has 1 aromatic rings. The van der Waals surface area contributed by atoms with Crippen LogP contribution in [0.4, 0.5) is 4.79 Å². The minimum Gasteiger partial charge on any atom is -0.480 e. The number of hydrogen-bond acceptors (Lipinski definition) is 5. The van der Waals surface area contributed by atoms with Crippen molar-refractivity contribution in [2.45, 2.75) is 32.2 Å². The van der Waals surface area contributed by atoms with Gasteiger partial charge in [0.2, 0.25) is 5.89 Å². The Kier molecular flexibility index (Phi) is 5.62. The lowest BCUT2D eigenvalue weighted by molar-refractivity contribution is -0.139. The normalized spacial score (nSPS) is 11.8. The predicted molar refractivity (Wildman–Crippen MR) is 60.9 cm³/mol. The van der Waals surface area contributed by atoms with Crippen molar-refractivity contribution in [3.63, 3.8) is 0 Å². The molecule has 0 bridgehead atoms. The first kappa shape index (κ1) is 13.9. The molecule has 1 rings (SSSR count). The van der Waals surface area contributed by atoms with Crippen molar-refractivity contribution in [3.8, 4) is 0 Å². The summed E-state index contributed by atoms with van der Waals surface area (Å²) >= 11 is 0. The van der Waals surface area contributed by atoms with Gasteiger partial charge in [-0.3, -0.25) is 0 Å². The maximum atomic E-state index is 11.4. The third-order valence-corrected chi connectivity index (χ3v) is 2.21. The quantitative estimate of drug-likeness (QED) is 0.640. The van der Waals surface area contributed by atoms with Gasteiger partial charge in [0.1, 0.15) is 6.04 Å². The fourth-order valence-corrected chi connectivity index (χ4v) is 1.34. The predicted octanol–water partition coefficient (Wildman–Crippen LogP) is 0.165. The van der Waals surface area contributed by atoms with E-state index in [9.17, 15) is 9.59 Å². The van der Waals surface area contributed by atoms with Crippen LogP contribution < -0.4 is 10.6 Å². The van der Waals surface area contributed by atoms with E-state index in [0.717, 1.165) is 0 Å². The van der Waals surface area contributed by atoms with Gasteiger partial charge in [-0.1, -0.05) is 18.5 Å². The number of rotatable bonds is 7. The molecular weight excluding hydrogens is 240 g/mol. The number of carbonyl (C=O) groups is 2. The van der Waals surface area contributed by atoms with Crippen LogP contribution in [0.1, 0.15) is 25.7 Å². The summed E-state index contributed by atoms with van der Waals surface area (Å²) in [7, 11) is 0. The fourth-order valence-electron chi connectivity index (χ4n) is 1.34. The number of carboxylic acid groups (broad SMARTS) is 1. The number of carboxylic acids is 1. The van der Waals surface area contributed by atoms with E-state index >= 15 is 0 Å². The minimum absolute atomic E-state index is 0.298. The number of aromatic nitrogens is 2. The molecule has 18 heavy (non-hydrogen) atoms. The Labute approximate surface area is 104 Å². The van der Waals surface area contributed by atoms with Gasteiger partial charge in [0.25, 0.3) is 0 Å². The molecule has 0 saturated carbocycles. The zero-order valence-corrected chi connectivity index (χ0v) is 10.0. The van der Waals surface area contributed by atoms with Crippen molar-refractivity contribution in [1.82, 2.24) is 20.8 Å². The summed E-state index contributed by atoms with van der Waals surface area (Å²) in [6.45, 7) is 2.15. The molecule has 0 aromatic carbocycles. The second-order valence-corrected chi connectivity index (χ2v) is 3.66. The molecule has 2 amide bonds. The van der Waals surface area contributed by atoms with E-state index in [2.05, 4.69) is 20.8 Å². The summed E-state index contributed by atoms with van der Waals surface area (Å²) in [5, 5.41) is 17.2. The van der Waals surface area contributed by atoms with E-state index in [1.807, 2.05) is 6.92 Å². The summed E-state index contributed by atoms with van der Waals surface area (Å²) in [4.78, 5) is 26.0. The molecule has 0 aliphatic heterocycles. The maximum absolute atomic E-state index is 11.4. The standard InChI is InChI=1S/C10H16N4O4/c1-2-3-7(9(15)16)14-10(17)11-5-4-8-12-6-13-18-8/h6-7H,2-5H2,1H3,(H,15,16)(H2,11,14,17)/t7-/m0/s1. The van der Waals surface area contributed by atoms with Crippen LogP contribution in [0, 0.1) is 0 Å². The van der Waals surface area contributed by atoms with Gasteiger partial charge in [0, 0.05) is 13.0 Å². The van der Waals surface area contributed by atoms with Crippen LogP contribution in [0.2, 0.25) is 0 Å². The molecule has 1 heterocycles. The van der Waals surface area contributed by atoms with Crippen LogP contribution in [0.25, 0.3) is 0 Å². The van der Waals surface area contributed by atoms with Gasteiger partial charge in [-0.25, -0.2) is 9.59 Å². The molecule has 1 aromatic heterocycles. The highest BCUT2D eigenvalue weighted by atomic mass is 16.5. The molecule has 0 aliphatic carbocycles. The van der Waals surface area contributed by atoms with Gasteiger partial charge in [-0.05, 0) is 6.42 Å². The molecule has 0 spiro atoms. The van der Waals surface area contributed by atoms with Crippen LogP contribution in [0.5, 0.6) is 0 Å². The third-order valence-electron chi connectivity index (χ3n) is 2.21. The Balaban J connectivity index is 2.25. The Morgan fingerprint density at radius 2 is 2.33 bits per heavy atom. The number of urea groups is 1. The highest BCUT2D eigenvalue weighted by molar-refractivity contribution is 5.82. The van der Waals surface area contributed by atoms with E-state index in [1.165, 1.54) is 6.33 Å². The number of nitrogens with zero attached hydrogens (tertiary/aromatic N) is 2. The van der Waals surface area contributed by atoms with Crippen molar-refractivity contribution in [2.24, 2.45) is 0 Å². The maximum Gasteiger partial charge on any atom is 0.326 e. The number of amides is 2. The van der Waals surface area contributed by atoms with E-state index < -0.39 is 18.0 Å². The van der Waals surface area contributed by atoms with Crippen LogP contribution in [-0.2, 0) is 11.2 Å². The number of hydrogen-bond donors (Lipinski definition) is 3. The molecule has 8 nitrogen and oxygen atoms in total. The first-order valence-electron chi connectivity index (χ1n) is 5.66. The molecule has 100 valence electrons. The lowest BCUT2D eigenvalue weighted by Gasteiger charge is -2.13. The molecule has 0 unspecified atom stereocenters. The number of carbonyl (C=O) groups excluding carboxylic acids is 1. The minimum atomic E-state index is -1.04. The highest BCUT2D eigenvalue weighted by Gasteiger charge is 2.18. The number of aliphatic carboxylic acids is 1. The van der Waals surface area contributed by atoms with E-state index in [-0.39, 0.29) is 0 Å². The average Bonchev–Trinajstić information content (AvgIpc) is 2.81. The molecule has 3 N–H and O–H groups in total. The van der Waals surface area contributed by atoms with Crippen molar-refractivity contribution in [1.29, 1.82) is 0 Å². The van der Waals surface area contributed by atoms with Crippen LogP contribution in [0.3, 0.4) is 0 Å². The molecule has 0 fully saturated rings. The van der Waals surface area contributed by atoms with E-state index in [0.29, 0.717) is 31.7 Å². The van der Waals surface area contributed by atoms with Crippen LogP contribution in [-0.4, -0.2) is 39.8 Å². The summed E-state index contributed by atoms with van der Waals surface area (Å²) in [5.74, 6) is -0.623.